The third-order valence-corrected chi connectivity index (χ3v) is 3.89. The number of aryl methyl sites for hydroxylation is 1. The van der Waals surface area contributed by atoms with Gasteiger partial charge in [0.15, 0.2) is 0 Å². The maximum absolute atomic E-state index is 13.4. The summed E-state index contributed by atoms with van der Waals surface area (Å²) < 4.78 is 14.2. The first-order chi connectivity index (χ1) is 9.67. The molecule has 0 saturated heterocycles. The lowest BCUT2D eigenvalue weighted by atomic mass is 9.99. The molecule has 0 amide bonds. The van der Waals surface area contributed by atoms with Gasteiger partial charge in [-0.05, 0) is 55.6 Å². The Kier molecular flexibility index (Phi) is 5.74. The summed E-state index contributed by atoms with van der Waals surface area (Å²) in [5.41, 5.74) is 2.36. The van der Waals surface area contributed by atoms with Crippen molar-refractivity contribution in [3.63, 3.8) is 0 Å². The minimum absolute atomic E-state index is 0.188. The Labute approximate surface area is 128 Å². The molecule has 0 radical (unpaired) electrons. The fraction of sp³-hybridized carbons (Fsp3) is 0.294. The van der Waals surface area contributed by atoms with Crippen molar-refractivity contribution < 1.29 is 4.39 Å². The molecule has 3 heteroatoms. The Hall–Kier alpha value is -1.19. The number of nitrogens with one attached hydrogen (secondary N) is 1. The third-order valence-electron chi connectivity index (χ3n) is 3.44. The van der Waals surface area contributed by atoms with Gasteiger partial charge < -0.3 is 5.32 Å². The Bertz CT molecular complexity index is 522. The van der Waals surface area contributed by atoms with Crippen LogP contribution in [0.3, 0.4) is 0 Å². The Morgan fingerprint density at radius 3 is 2.50 bits per heavy atom. The minimum Gasteiger partial charge on any atom is -0.317 e. The molecular weight excluding hydrogens is 317 g/mol. The van der Waals surface area contributed by atoms with Crippen LogP contribution in [0.2, 0.25) is 0 Å². The summed E-state index contributed by atoms with van der Waals surface area (Å²) in [7, 11) is 1.96. The lowest BCUT2D eigenvalue weighted by molar-refractivity contribution is 0.518. The van der Waals surface area contributed by atoms with Crippen LogP contribution < -0.4 is 5.32 Å². The fourth-order valence-electron chi connectivity index (χ4n) is 2.35. The SMILES string of the molecule is CNC(CCc1ccccc1)Cc1cc(F)cc(Br)c1. The lowest BCUT2D eigenvalue weighted by Crippen LogP contribution is -2.28. The molecule has 2 rings (SSSR count). The van der Waals surface area contributed by atoms with Gasteiger partial charge in [-0.1, -0.05) is 46.3 Å². The van der Waals surface area contributed by atoms with Gasteiger partial charge in [-0.25, -0.2) is 4.39 Å². The summed E-state index contributed by atoms with van der Waals surface area (Å²) >= 11 is 3.34. The molecular formula is C17H19BrFN. The van der Waals surface area contributed by atoms with E-state index in [2.05, 4.69) is 45.5 Å². The first-order valence-corrected chi connectivity index (χ1v) is 7.63. The molecule has 1 unspecified atom stereocenters. The van der Waals surface area contributed by atoms with Crippen LogP contribution in [-0.4, -0.2) is 13.1 Å². The number of rotatable bonds is 6. The predicted molar refractivity (Wildman–Crippen MR) is 85.4 cm³/mol. The molecule has 2 aromatic rings. The second-order valence-electron chi connectivity index (χ2n) is 4.99. The molecule has 0 aliphatic carbocycles. The molecule has 0 saturated carbocycles. The van der Waals surface area contributed by atoms with Crippen LogP contribution in [-0.2, 0) is 12.8 Å². The van der Waals surface area contributed by atoms with Gasteiger partial charge in [0.05, 0.1) is 0 Å². The van der Waals surface area contributed by atoms with Gasteiger partial charge in [-0.3, -0.25) is 0 Å². The summed E-state index contributed by atoms with van der Waals surface area (Å²) in [5, 5.41) is 3.32. The monoisotopic (exact) mass is 335 g/mol. The second-order valence-corrected chi connectivity index (χ2v) is 5.91. The summed E-state index contributed by atoms with van der Waals surface area (Å²) in [6.07, 6.45) is 2.90. The van der Waals surface area contributed by atoms with Gasteiger partial charge >= 0.3 is 0 Å². The highest BCUT2D eigenvalue weighted by Gasteiger charge is 2.09. The maximum atomic E-state index is 13.4. The lowest BCUT2D eigenvalue weighted by Gasteiger charge is -2.16. The number of hydrogen-bond donors (Lipinski definition) is 1. The molecule has 2 aromatic carbocycles. The molecule has 0 aromatic heterocycles. The summed E-state index contributed by atoms with van der Waals surface area (Å²) in [4.78, 5) is 0. The first kappa shape index (κ1) is 15.2. The summed E-state index contributed by atoms with van der Waals surface area (Å²) in [6.45, 7) is 0. The second kappa shape index (κ2) is 7.55. The Morgan fingerprint density at radius 1 is 1.10 bits per heavy atom. The normalized spacial score (nSPS) is 12.3. The topological polar surface area (TPSA) is 12.0 Å². The van der Waals surface area contributed by atoms with E-state index in [0.29, 0.717) is 6.04 Å². The van der Waals surface area contributed by atoms with Crippen molar-refractivity contribution in [2.75, 3.05) is 7.05 Å². The van der Waals surface area contributed by atoms with Crippen LogP contribution in [0.1, 0.15) is 17.5 Å². The maximum Gasteiger partial charge on any atom is 0.124 e. The van der Waals surface area contributed by atoms with Gasteiger partial charge in [0, 0.05) is 10.5 Å². The third kappa shape index (κ3) is 4.73. The van der Waals surface area contributed by atoms with Gasteiger partial charge in [-0.2, -0.15) is 0 Å². The van der Waals surface area contributed by atoms with Crippen LogP contribution in [0.15, 0.2) is 53.0 Å². The molecule has 1 atom stereocenters. The van der Waals surface area contributed by atoms with E-state index < -0.39 is 0 Å². The predicted octanol–water partition coefficient (Wildman–Crippen LogP) is 4.35. The zero-order valence-electron chi connectivity index (χ0n) is 11.6. The highest BCUT2D eigenvalue weighted by Crippen LogP contribution is 2.17. The van der Waals surface area contributed by atoms with E-state index in [1.807, 2.05) is 19.2 Å². The zero-order chi connectivity index (χ0) is 14.4. The largest absolute Gasteiger partial charge is 0.317 e. The van der Waals surface area contributed by atoms with Crippen LogP contribution in [0, 0.1) is 5.82 Å². The van der Waals surface area contributed by atoms with Crippen molar-refractivity contribution in [3.8, 4) is 0 Å². The summed E-state index contributed by atoms with van der Waals surface area (Å²) in [5.74, 6) is -0.188. The van der Waals surface area contributed by atoms with Crippen molar-refractivity contribution in [1.82, 2.24) is 5.32 Å². The van der Waals surface area contributed by atoms with E-state index in [0.717, 1.165) is 29.3 Å². The molecule has 0 heterocycles. The van der Waals surface area contributed by atoms with Gasteiger partial charge in [0.25, 0.3) is 0 Å². The molecule has 0 spiro atoms. The van der Waals surface area contributed by atoms with Crippen LogP contribution in [0.5, 0.6) is 0 Å². The average Bonchev–Trinajstić information content (AvgIpc) is 2.43. The Balaban J connectivity index is 1.95. The van der Waals surface area contributed by atoms with Crippen molar-refractivity contribution in [3.05, 3.63) is 69.9 Å². The molecule has 1 nitrogen and oxygen atoms in total. The summed E-state index contributed by atoms with van der Waals surface area (Å²) in [6, 6.07) is 15.9. The van der Waals surface area contributed by atoms with Crippen LogP contribution in [0.4, 0.5) is 4.39 Å². The van der Waals surface area contributed by atoms with E-state index in [4.69, 9.17) is 0 Å². The van der Waals surface area contributed by atoms with Gasteiger partial charge in [-0.15, -0.1) is 0 Å². The Morgan fingerprint density at radius 2 is 1.85 bits per heavy atom. The highest BCUT2D eigenvalue weighted by atomic mass is 79.9. The number of benzene rings is 2. The fourth-order valence-corrected chi connectivity index (χ4v) is 2.86. The smallest absolute Gasteiger partial charge is 0.124 e. The molecule has 0 bridgehead atoms. The highest BCUT2D eigenvalue weighted by molar-refractivity contribution is 9.10. The van der Waals surface area contributed by atoms with E-state index in [-0.39, 0.29) is 5.82 Å². The van der Waals surface area contributed by atoms with Crippen molar-refractivity contribution >= 4 is 15.9 Å². The zero-order valence-corrected chi connectivity index (χ0v) is 13.2. The van der Waals surface area contributed by atoms with Crippen molar-refractivity contribution in [2.45, 2.75) is 25.3 Å². The molecule has 0 aliphatic rings. The van der Waals surface area contributed by atoms with E-state index in [1.165, 1.54) is 11.6 Å². The first-order valence-electron chi connectivity index (χ1n) is 6.83. The molecule has 106 valence electrons. The average molecular weight is 336 g/mol. The quantitative estimate of drug-likeness (QED) is 0.827. The molecule has 0 fully saturated rings. The standard InChI is InChI=1S/C17H19BrFN/c1-20-17(8-7-13-5-3-2-4-6-13)11-14-9-15(18)12-16(19)10-14/h2-6,9-10,12,17,20H,7-8,11H2,1H3. The van der Waals surface area contributed by atoms with Gasteiger partial charge in [0.1, 0.15) is 5.82 Å². The van der Waals surface area contributed by atoms with Crippen molar-refractivity contribution in [1.29, 1.82) is 0 Å². The van der Waals surface area contributed by atoms with E-state index in [1.54, 1.807) is 6.07 Å². The van der Waals surface area contributed by atoms with Gasteiger partial charge in [0.2, 0.25) is 0 Å². The number of halogens is 2. The van der Waals surface area contributed by atoms with E-state index in [9.17, 15) is 4.39 Å². The molecule has 1 N–H and O–H groups in total. The molecule has 0 aliphatic heterocycles. The van der Waals surface area contributed by atoms with Crippen molar-refractivity contribution in [2.24, 2.45) is 0 Å². The number of likely N-dealkylation sites (N-methyl/N-ethyl adjacent to an activating group) is 1. The minimum atomic E-state index is -0.188. The van der Waals surface area contributed by atoms with Crippen LogP contribution in [0.25, 0.3) is 0 Å². The molecule has 20 heavy (non-hydrogen) atoms. The van der Waals surface area contributed by atoms with Crippen LogP contribution >= 0.6 is 15.9 Å². The number of hydrogen-bond acceptors (Lipinski definition) is 1. The van der Waals surface area contributed by atoms with E-state index >= 15 is 0 Å².